The second-order valence-corrected chi connectivity index (χ2v) is 7.78. The van der Waals surface area contributed by atoms with Gasteiger partial charge in [-0.2, -0.15) is 0 Å². The summed E-state index contributed by atoms with van der Waals surface area (Å²) in [7, 11) is 0. The number of ether oxygens (including phenoxy) is 1. The number of anilines is 1. The van der Waals surface area contributed by atoms with Gasteiger partial charge in [0.25, 0.3) is 0 Å². The van der Waals surface area contributed by atoms with Gasteiger partial charge in [0.2, 0.25) is 5.91 Å². The lowest BCUT2D eigenvalue weighted by atomic mass is 9.89. The minimum atomic E-state index is -0.998. The summed E-state index contributed by atoms with van der Waals surface area (Å²) >= 11 is 0. The molecule has 0 aromatic heterocycles. The minimum absolute atomic E-state index is 0.0763. The normalized spacial score (nSPS) is 18.0. The summed E-state index contributed by atoms with van der Waals surface area (Å²) in [6.45, 7) is 7.02. The maximum absolute atomic E-state index is 12.3. The van der Waals surface area contributed by atoms with E-state index in [0.29, 0.717) is 6.42 Å². The van der Waals surface area contributed by atoms with E-state index in [-0.39, 0.29) is 29.7 Å². The number of aromatic carboxylic acids is 1. The Bertz CT molecular complexity index is 985. The van der Waals surface area contributed by atoms with Crippen molar-refractivity contribution in [1.29, 1.82) is 0 Å². The van der Waals surface area contributed by atoms with E-state index in [4.69, 9.17) is 4.74 Å². The van der Waals surface area contributed by atoms with E-state index in [9.17, 15) is 19.5 Å². The van der Waals surface area contributed by atoms with Crippen LogP contribution in [0.1, 0.15) is 56.1 Å². The third-order valence-electron chi connectivity index (χ3n) is 5.10. The molecule has 0 spiro atoms. The first-order valence-corrected chi connectivity index (χ1v) is 9.92. The van der Waals surface area contributed by atoms with Crippen molar-refractivity contribution in [2.24, 2.45) is 0 Å². The lowest BCUT2D eigenvalue weighted by Gasteiger charge is -2.39. The Kier molecular flexibility index (Phi) is 6.10. The fourth-order valence-corrected chi connectivity index (χ4v) is 3.88. The van der Waals surface area contributed by atoms with Crippen LogP contribution in [0.4, 0.5) is 10.5 Å². The van der Waals surface area contributed by atoms with Gasteiger partial charge in [0.1, 0.15) is 0 Å². The van der Waals surface area contributed by atoms with Crippen LogP contribution in [0.2, 0.25) is 0 Å². The molecule has 3 rings (SSSR count). The topological polar surface area (TPSA) is 95.9 Å². The zero-order valence-corrected chi connectivity index (χ0v) is 17.5. The Hall–Kier alpha value is -3.35. The van der Waals surface area contributed by atoms with Crippen molar-refractivity contribution < 1.29 is 24.2 Å². The third kappa shape index (κ3) is 4.45. The standard InChI is InChI=1S/C23H26N2O5/c1-13(2)30-23(29)24-20-10-14(3)25(15(4)26)21-9-8-17(12-19(20)21)16-6-5-7-18(11-16)22(27)28/h5-9,11-14,20H,10H2,1-4H3,(H,24,29)(H,27,28). The highest BCUT2D eigenvalue weighted by Crippen LogP contribution is 2.39. The molecular weight excluding hydrogens is 384 g/mol. The van der Waals surface area contributed by atoms with Crippen LogP contribution in [0.25, 0.3) is 11.1 Å². The lowest BCUT2D eigenvalue weighted by molar-refractivity contribution is -0.117. The fraction of sp³-hybridized carbons (Fsp3) is 0.348. The molecule has 0 fully saturated rings. The molecule has 0 bridgehead atoms. The number of carboxylic acid groups (broad SMARTS) is 1. The molecule has 30 heavy (non-hydrogen) atoms. The summed E-state index contributed by atoms with van der Waals surface area (Å²) in [6, 6.07) is 11.8. The van der Waals surface area contributed by atoms with Gasteiger partial charge in [-0.25, -0.2) is 9.59 Å². The predicted molar refractivity (Wildman–Crippen MR) is 114 cm³/mol. The SMILES string of the molecule is CC(=O)N1c2ccc(-c3cccc(C(=O)O)c3)cc2C(NC(=O)OC(C)C)CC1C. The lowest BCUT2D eigenvalue weighted by Crippen LogP contribution is -2.45. The van der Waals surface area contributed by atoms with Crippen LogP contribution in [0.5, 0.6) is 0 Å². The molecule has 0 aliphatic carbocycles. The van der Waals surface area contributed by atoms with E-state index >= 15 is 0 Å². The van der Waals surface area contributed by atoms with Crippen molar-refractivity contribution in [3.05, 3.63) is 53.6 Å². The van der Waals surface area contributed by atoms with Crippen molar-refractivity contribution in [1.82, 2.24) is 5.32 Å². The maximum atomic E-state index is 12.3. The Morgan fingerprint density at radius 1 is 1.13 bits per heavy atom. The van der Waals surface area contributed by atoms with Gasteiger partial charge in [-0.3, -0.25) is 4.79 Å². The average Bonchev–Trinajstić information content (AvgIpc) is 2.66. The van der Waals surface area contributed by atoms with Crippen LogP contribution >= 0.6 is 0 Å². The van der Waals surface area contributed by atoms with E-state index in [1.807, 2.05) is 31.2 Å². The number of carboxylic acids is 1. The summed E-state index contributed by atoms with van der Waals surface area (Å²) in [5.74, 6) is -1.07. The van der Waals surface area contributed by atoms with Crippen LogP contribution in [-0.2, 0) is 9.53 Å². The molecule has 0 radical (unpaired) electrons. The highest BCUT2D eigenvalue weighted by molar-refractivity contribution is 5.94. The highest BCUT2D eigenvalue weighted by atomic mass is 16.6. The fourth-order valence-electron chi connectivity index (χ4n) is 3.88. The molecule has 2 N–H and O–H groups in total. The first kappa shape index (κ1) is 21.4. The largest absolute Gasteiger partial charge is 0.478 e. The number of carbonyl (C=O) groups excluding carboxylic acids is 2. The zero-order chi connectivity index (χ0) is 22.0. The molecule has 1 aliphatic rings. The van der Waals surface area contributed by atoms with Crippen LogP contribution in [0, 0.1) is 0 Å². The maximum Gasteiger partial charge on any atom is 0.407 e. The number of amides is 2. The van der Waals surface area contributed by atoms with Gasteiger partial charge < -0.3 is 20.1 Å². The molecule has 158 valence electrons. The number of hydrogen-bond acceptors (Lipinski definition) is 4. The summed E-state index contributed by atoms with van der Waals surface area (Å²) in [5.41, 5.74) is 3.27. The van der Waals surface area contributed by atoms with Crippen LogP contribution < -0.4 is 10.2 Å². The van der Waals surface area contributed by atoms with Gasteiger partial charge in [0.15, 0.2) is 0 Å². The molecule has 1 heterocycles. The summed E-state index contributed by atoms with van der Waals surface area (Å²) in [4.78, 5) is 37.6. The van der Waals surface area contributed by atoms with Crippen molar-refractivity contribution in [2.75, 3.05) is 4.90 Å². The van der Waals surface area contributed by atoms with Gasteiger partial charge >= 0.3 is 12.1 Å². The van der Waals surface area contributed by atoms with Gasteiger partial charge in [-0.1, -0.05) is 18.2 Å². The molecule has 1 aliphatic heterocycles. The van der Waals surface area contributed by atoms with Gasteiger partial charge in [0, 0.05) is 18.7 Å². The van der Waals surface area contributed by atoms with E-state index in [1.54, 1.807) is 30.9 Å². The third-order valence-corrected chi connectivity index (χ3v) is 5.10. The molecule has 0 saturated heterocycles. The van der Waals surface area contributed by atoms with E-state index in [0.717, 1.165) is 22.4 Å². The predicted octanol–water partition coefficient (Wildman–Crippen LogP) is 4.37. The smallest absolute Gasteiger partial charge is 0.407 e. The molecule has 0 saturated carbocycles. The number of nitrogens with zero attached hydrogens (tertiary/aromatic N) is 1. The molecule has 2 unspecified atom stereocenters. The number of rotatable bonds is 4. The Morgan fingerprint density at radius 3 is 2.47 bits per heavy atom. The summed E-state index contributed by atoms with van der Waals surface area (Å²) in [5, 5.41) is 12.2. The van der Waals surface area contributed by atoms with Crippen molar-refractivity contribution >= 4 is 23.7 Å². The molecule has 2 atom stereocenters. The van der Waals surface area contributed by atoms with Gasteiger partial charge in [-0.05, 0) is 68.1 Å². The first-order valence-electron chi connectivity index (χ1n) is 9.92. The van der Waals surface area contributed by atoms with Crippen LogP contribution in [-0.4, -0.2) is 35.2 Å². The number of hydrogen-bond donors (Lipinski definition) is 2. The van der Waals surface area contributed by atoms with Crippen molar-refractivity contribution in [3.8, 4) is 11.1 Å². The van der Waals surface area contributed by atoms with Crippen molar-refractivity contribution in [3.63, 3.8) is 0 Å². The first-order chi connectivity index (χ1) is 14.2. The molecule has 2 aromatic carbocycles. The van der Waals surface area contributed by atoms with Gasteiger partial charge in [0.05, 0.1) is 17.7 Å². The molecule has 7 heteroatoms. The second kappa shape index (κ2) is 8.57. The number of nitrogens with one attached hydrogen (secondary N) is 1. The molecule has 2 amide bonds. The highest BCUT2D eigenvalue weighted by Gasteiger charge is 2.33. The number of alkyl carbamates (subject to hydrolysis) is 1. The molecule has 7 nitrogen and oxygen atoms in total. The number of fused-ring (bicyclic) bond motifs is 1. The Labute approximate surface area is 175 Å². The second-order valence-electron chi connectivity index (χ2n) is 7.78. The van der Waals surface area contributed by atoms with E-state index < -0.39 is 12.1 Å². The van der Waals surface area contributed by atoms with Crippen LogP contribution in [0.15, 0.2) is 42.5 Å². The zero-order valence-electron chi connectivity index (χ0n) is 17.5. The van der Waals surface area contributed by atoms with Gasteiger partial charge in [-0.15, -0.1) is 0 Å². The summed E-state index contributed by atoms with van der Waals surface area (Å²) < 4.78 is 5.24. The number of benzene rings is 2. The minimum Gasteiger partial charge on any atom is -0.478 e. The van der Waals surface area contributed by atoms with Crippen molar-refractivity contribution in [2.45, 2.75) is 52.3 Å². The number of carbonyl (C=O) groups is 3. The molecule has 2 aromatic rings. The Morgan fingerprint density at radius 2 is 1.83 bits per heavy atom. The van der Waals surface area contributed by atoms with E-state index in [1.165, 1.54) is 13.0 Å². The average molecular weight is 410 g/mol. The molecular formula is C23H26N2O5. The Balaban J connectivity index is 2.05. The van der Waals surface area contributed by atoms with Crippen LogP contribution in [0.3, 0.4) is 0 Å². The monoisotopic (exact) mass is 410 g/mol. The quantitative estimate of drug-likeness (QED) is 0.780. The van der Waals surface area contributed by atoms with E-state index in [2.05, 4.69) is 5.32 Å². The summed E-state index contributed by atoms with van der Waals surface area (Å²) in [6.07, 6.45) is -0.217.